The van der Waals surface area contributed by atoms with Crippen LogP contribution < -0.4 is 9.47 Å². The second-order valence-electron chi connectivity index (χ2n) is 4.48. The number of rotatable bonds is 6. The molecule has 0 unspecified atom stereocenters. The number of carbonyl (C=O) groups excluding carboxylic acids is 1. The Morgan fingerprint density at radius 2 is 2.00 bits per heavy atom. The van der Waals surface area contributed by atoms with E-state index in [0.29, 0.717) is 23.0 Å². The van der Waals surface area contributed by atoms with E-state index in [1.807, 2.05) is 6.07 Å². The van der Waals surface area contributed by atoms with Crippen molar-refractivity contribution in [2.75, 3.05) is 14.2 Å². The summed E-state index contributed by atoms with van der Waals surface area (Å²) in [6, 6.07) is 7.06. The number of benzene rings is 1. The van der Waals surface area contributed by atoms with Crippen LogP contribution in [-0.4, -0.2) is 25.3 Å². The van der Waals surface area contributed by atoms with Gasteiger partial charge in [0.1, 0.15) is 18.1 Å². The summed E-state index contributed by atoms with van der Waals surface area (Å²) in [6.45, 7) is 1.85. The Balaban J connectivity index is 1.94. The molecule has 1 aromatic heterocycles. The van der Waals surface area contributed by atoms with E-state index in [1.54, 1.807) is 45.4 Å². The number of ether oxygens (including phenoxy) is 3. The highest BCUT2D eigenvalue weighted by atomic mass is 16.5. The van der Waals surface area contributed by atoms with E-state index in [-0.39, 0.29) is 6.61 Å². The normalized spacial score (nSPS) is 10.7. The average molecular weight is 303 g/mol. The molecule has 6 nitrogen and oxygen atoms in total. The maximum absolute atomic E-state index is 11.7. The van der Waals surface area contributed by atoms with Crippen molar-refractivity contribution in [1.82, 2.24) is 5.16 Å². The van der Waals surface area contributed by atoms with Crippen molar-refractivity contribution in [3.8, 4) is 11.5 Å². The summed E-state index contributed by atoms with van der Waals surface area (Å²) >= 11 is 0. The zero-order valence-corrected chi connectivity index (χ0v) is 12.7. The Bertz CT molecular complexity index is 675. The number of nitrogens with zero attached hydrogens (tertiary/aromatic N) is 1. The maximum Gasteiger partial charge on any atom is 0.331 e. The minimum absolute atomic E-state index is 0.0758. The highest BCUT2D eigenvalue weighted by Gasteiger charge is 2.05. The van der Waals surface area contributed by atoms with Crippen molar-refractivity contribution in [3.63, 3.8) is 0 Å². The van der Waals surface area contributed by atoms with Crippen molar-refractivity contribution in [3.05, 3.63) is 47.4 Å². The molecule has 0 saturated heterocycles. The van der Waals surface area contributed by atoms with Crippen molar-refractivity contribution in [2.45, 2.75) is 13.5 Å². The van der Waals surface area contributed by atoms with Crippen LogP contribution in [0.15, 0.2) is 34.9 Å². The molecule has 0 atom stereocenters. The van der Waals surface area contributed by atoms with Gasteiger partial charge in [-0.15, -0.1) is 0 Å². The van der Waals surface area contributed by atoms with Gasteiger partial charge in [0.25, 0.3) is 0 Å². The molecule has 6 heteroatoms. The lowest BCUT2D eigenvalue weighted by Gasteiger charge is -2.07. The molecule has 22 heavy (non-hydrogen) atoms. The summed E-state index contributed by atoms with van der Waals surface area (Å²) in [5, 5.41) is 3.74. The van der Waals surface area contributed by atoms with E-state index in [0.717, 1.165) is 5.56 Å². The van der Waals surface area contributed by atoms with E-state index in [2.05, 4.69) is 5.16 Å². The van der Waals surface area contributed by atoms with Gasteiger partial charge in [0.15, 0.2) is 11.5 Å². The number of aromatic nitrogens is 1. The fourth-order valence-electron chi connectivity index (χ4n) is 1.80. The van der Waals surface area contributed by atoms with Gasteiger partial charge < -0.3 is 18.7 Å². The van der Waals surface area contributed by atoms with Gasteiger partial charge in [-0.25, -0.2) is 4.79 Å². The lowest BCUT2D eigenvalue weighted by molar-refractivity contribution is -0.139. The fraction of sp³-hybridized carbons (Fsp3) is 0.250. The number of aryl methyl sites for hydroxylation is 1. The van der Waals surface area contributed by atoms with E-state index >= 15 is 0 Å². The molecule has 0 saturated carbocycles. The fourth-order valence-corrected chi connectivity index (χ4v) is 1.80. The standard InChI is InChI=1S/C16H17NO5/c1-11-8-13(17-22-11)10-21-16(18)7-5-12-4-6-14(19-2)15(9-12)20-3/h4-9H,10H2,1-3H3/b7-5+. The molecule has 2 rings (SSSR count). The quantitative estimate of drug-likeness (QED) is 0.603. The Labute approximate surface area is 128 Å². The Kier molecular flexibility index (Phi) is 5.19. The molecule has 0 amide bonds. The summed E-state index contributed by atoms with van der Waals surface area (Å²) < 4.78 is 20.3. The highest BCUT2D eigenvalue weighted by molar-refractivity contribution is 5.87. The van der Waals surface area contributed by atoms with Crippen molar-refractivity contribution < 1.29 is 23.5 Å². The van der Waals surface area contributed by atoms with Gasteiger partial charge in [0.2, 0.25) is 0 Å². The summed E-state index contributed by atoms with van der Waals surface area (Å²) in [5.41, 5.74) is 1.37. The first-order valence-electron chi connectivity index (χ1n) is 6.61. The highest BCUT2D eigenvalue weighted by Crippen LogP contribution is 2.27. The topological polar surface area (TPSA) is 70.8 Å². The number of carbonyl (C=O) groups is 1. The number of methoxy groups -OCH3 is 2. The molecule has 0 radical (unpaired) electrons. The molecule has 0 spiro atoms. The average Bonchev–Trinajstić information content (AvgIpc) is 2.96. The first-order valence-corrected chi connectivity index (χ1v) is 6.61. The molecule has 2 aromatic rings. The van der Waals surface area contributed by atoms with Crippen LogP contribution in [0.2, 0.25) is 0 Å². The smallest absolute Gasteiger partial charge is 0.331 e. The molecule has 0 N–H and O–H groups in total. The second kappa shape index (κ2) is 7.31. The third kappa shape index (κ3) is 4.12. The lowest BCUT2D eigenvalue weighted by atomic mass is 10.2. The molecule has 1 aromatic carbocycles. The molecule has 0 aliphatic rings. The first-order chi connectivity index (χ1) is 10.6. The minimum Gasteiger partial charge on any atom is -0.493 e. The molecule has 0 aliphatic carbocycles. The lowest BCUT2D eigenvalue weighted by Crippen LogP contribution is -2.00. The van der Waals surface area contributed by atoms with Crippen LogP contribution >= 0.6 is 0 Å². The third-order valence-electron chi connectivity index (χ3n) is 2.86. The van der Waals surface area contributed by atoms with Gasteiger partial charge in [-0.1, -0.05) is 11.2 Å². The van der Waals surface area contributed by atoms with E-state index in [9.17, 15) is 4.79 Å². The summed E-state index contributed by atoms with van der Waals surface area (Å²) in [7, 11) is 3.12. The third-order valence-corrected chi connectivity index (χ3v) is 2.86. The molecule has 0 bridgehead atoms. The summed E-state index contributed by atoms with van der Waals surface area (Å²) in [4.78, 5) is 11.7. The number of hydrogen-bond donors (Lipinski definition) is 0. The Hall–Kier alpha value is -2.76. The van der Waals surface area contributed by atoms with E-state index < -0.39 is 5.97 Å². The predicted octanol–water partition coefficient (Wildman–Crippen LogP) is 2.76. The van der Waals surface area contributed by atoms with Crippen LogP contribution in [0.3, 0.4) is 0 Å². The van der Waals surface area contributed by atoms with Gasteiger partial charge in [-0.05, 0) is 30.7 Å². The van der Waals surface area contributed by atoms with Crippen LogP contribution in [-0.2, 0) is 16.1 Å². The monoisotopic (exact) mass is 303 g/mol. The first kappa shape index (κ1) is 15.6. The van der Waals surface area contributed by atoms with Crippen molar-refractivity contribution in [2.24, 2.45) is 0 Å². The van der Waals surface area contributed by atoms with Crippen molar-refractivity contribution >= 4 is 12.0 Å². The molecule has 0 aliphatic heterocycles. The maximum atomic E-state index is 11.7. The van der Waals surface area contributed by atoms with Gasteiger partial charge in [0.05, 0.1) is 14.2 Å². The SMILES string of the molecule is COc1ccc(/C=C/C(=O)OCc2cc(C)on2)cc1OC. The van der Waals surface area contributed by atoms with E-state index in [1.165, 1.54) is 6.08 Å². The minimum atomic E-state index is -0.463. The number of esters is 1. The Morgan fingerprint density at radius 1 is 1.23 bits per heavy atom. The van der Waals surface area contributed by atoms with Crippen LogP contribution in [0.5, 0.6) is 11.5 Å². The summed E-state index contributed by atoms with van der Waals surface area (Å²) in [5.74, 6) is 1.43. The molecular formula is C16H17NO5. The van der Waals surface area contributed by atoms with Gasteiger partial charge in [0, 0.05) is 12.1 Å². The molecule has 116 valence electrons. The van der Waals surface area contributed by atoms with E-state index in [4.69, 9.17) is 18.7 Å². The van der Waals surface area contributed by atoms with Crippen LogP contribution in [0.25, 0.3) is 6.08 Å². The number of hydrogen-bond acceptors (Lipinski definition) is 6. The zero-order valence-electron chi connectivity index (χ0n) is 12.7. The second-order valence-corrected chi connectivity index (χ2v) is 4.48. The molecule has 0 fully saturated rings. The van der Waals surface area contributed by atoms with Gasteiger partial charge in [-0.2, -0.15) is 0 Å². The molecule has 1 heterocycles. The largest absolute Gasteiger partial charge is 0.493 e. The van der Waals surface area contributed by atoms with Gasteiger partial charge >= 0.3 is 5.97 Å². The molecular weight excluding hydrogens is 286 g/mol. The Morgan fingerprint density at radius 3 is 2.64 bits per heavy atom. The van der Waals surface area contributed by atoms with Crippen LogP contribution in [0.1, 0.15) is 17.0 Å². The van der Waals surface area contributed by atoms with Crippen LogP contribution in [0, 0.1) is 6.92 Å². The summed E-state index contributed by atoms with van der Waals surface area (Å²) in [6.07, 6.45) is 2.98. The van der Waals surface area contributed by atoms with Gasteiger partial charge in [-0.3, -0.25) is 0 Å². The zero-order chi connectivity index (χ0) is 15.9. The van der Waals surface area contributed by atoms with Crippen LogP contribution in [0.4, 0.5) is 0 Å². The van der Waals surface area contributed by atoms with Crippen molar-refractivity contribution in [1.29, 1.82) is 0 Å². The predicted molar refractivity (Wildman–Crippen MR) is 79.6 cm³/mol.